The SMILES string of the molecule is COCCOCCOc1ccc(Br)cc1C#N. The van der Waals surface area contributed by atoms with Gasteiger partial charge >= 0.3 is 0 Å². The van der Waals surface area contributed by atoms with Crippen LogP contribution in [0.15, 0.2) is 22.7 Å². The Kier molecular flexibility index (Phi) is 6.63. The first-order valence-electron chi connectivity index (χ1n) is 5.17. The van der Waals surface area contributed by atoms with Gasteiger partial charge in [0.05, 0.1) is 25.4 Å². The van der Waals surface area contributed by atoms with Gasteiger partial charge in [-0.05, 0) is 18.2 Å². The number of halogens is 1. The van der Waals surface area contributed by atoms with Crippen molar-refractivity contribution >= 4 is 15.9 Å². The van der Waals surface area contributed by atoms with Crippen LogP contribution in [0.2, 0.25) is 0 Å². The van der Waals surface area contributed by atoms with Crippen LogP contribution in [0.5, 0.6) is 5.75 Å². The van der Waals surface area contributed by atoms with E-state index in [0.717, 1.165) is 4.47 Å². The number of rotatable bonds is 7. The lowest BCUT2D eigenvalue weighted by molar-refractivity contribution is 0.0544. The first kappa shape index (κ1) is 14.0. The maximum atomic E-state index is 8.92. The molecule has 4 nitrogen and oxygen atoms in total. The molecule has 17 heavy (non-hydrogen) atoms. The standard InChI is InChI=1S/C12H14BrNO3/c1-15-4-5-16-6-7-17-12-3-2-11(13)8-10(12)9-14/h2-3,8H,4-7H2,1H3. The number of benzene rings is 1. The summed E-state index contributed by atoms with van der Waals surface area (Å²) in [6, 6.07) is 7.40. The van der Waals surface area contributed by atoms with Crippen LogP contribution in [0, 0.1) is 11.3 Å². The van der Waals surface area contributed by atoms with Gasteiger partial charge in [0.25, 0.3) is 0 Å². The molecule has 0 fully saturated rings. The second-order valence-electron chi connectivity index (χ2n) is 3.21. The van der Waals surface area contributed by atoms with Gasteiger partial charge in [0.2, 0.25) is 0 Å². The van der Waals surface area contributed by atoms with Crippen molar-refractivity contribution < 1.29 is 14.2 Å². The molecule has 1 aromatic carbocycles. The molecular weight excluding hydrogens is 286 g/mol. The summed E-state index contributed by atoms with van der Waals surface area (Å²) in [6.45, 7) is 2.01. The molecule has 0 aliphatic carbocycles. The Balaban J connectivity index is 2.34. The molecule has 0 atom stereocenters. The quantitative estimate of drug-likeness (QED) is 0.725. The molecule has 0 N–H and O–H groups in total. The van der Waals surface area contributed by atoms with Gasteiger partial charge in [-0.15, -0.1) is 0 Å². The predicted molar refractivity (Wildman–Crippen MR) is 67.0 cm³/mol. The summed E-state index contributed by atoms with van der Waals surface area (Å²) in [7, 11) is 1.63. The smallest absolute Gasteiger partial charge is 0.137 e. The minimum absolute atomic E-state index is 0.417. The Hall–Kier alpha value is -1.09. The van der Waals surface area contributed by atoms with E-state index in [-0.39, 0.29) is 0 Å². The minimum atomic E-state index is 0.417. The molecule has 5 heteroatoms. The topological polar surface area (TPSA) is 51.5 Å². The zero-order valence-corrected chi connectivity index (χ0v) is 11.2. The summed E-state index contributed by atoms with van der Waals surface area (Å²) >= 11 is 3.30. The van der Waals surface area contributed by atoms with E-state index in [1.54, 1.807) is 19.2 Å². The fraction of sp³-hybridized carbons (Fsp3) is 0.417. The van der Waals surface area contributed by atoms with Crippen LogP contribution in [-0.2, 0) is 9.47 Å². The van der Waals surface area contributed by atoms with Crippen LogP contribution >= 0.6 is 15.9 Å². The Labute approximate surface area is 109 Å². The fourth-order valence-corrected chi connectivity index (χ4v) is 1.53. The van der Waals surface area contributed by atoms with E-state index in [1.807, 2.05) is 6.07 Å². The van der Waals surface area contributed by atoms with Crippen molar-refractivity contribution in [2.24, 2.45) is 0 Å². The van der Waals surface area contributed by atoms with Crippen LogP contribution in [0.3, 0.4) is 0 Å². The van der Waals surface area contributed by atoms with Crippen molar-refractivity contribution in [3.63, 3.8) is 0 Å². The highest BCUT2D eigenvalue weighted by molar-refractivity contribution is 9.10. The van der Waals surface area contributed by atoms with Crippen LogP contribution < -0.4 is 4.74 Å². The average Bonchev–Trinajstić information content (AvgIpc) is 2.35. The summed E-state index contributed by atoms with van der Waals surface area (Å²) in [5.41, 5.74) is 0.510. The summed E-state index contributed by atoms with van der Waals surface area (Å²) in [5.74, 6) is 0.575. The highest BCUT2D eigenvalue weighted by Crippen LogP contribution is 2.22. The van der Waals surface area contributed by atoms with E-state index in [9.17, 15) is 0 Å². The molecule has 0 unspecified atom stereocenters. The zero-order valence-electron chi connectivity index (χ0n) is 9.61. The highest BCUT2D eigenvalue weighted by atomic mass is 79.9. The van der Waals surface area contributed by atoms with Crippen LogP contribution in [0.4, 0.5) is 0 Å². The van der Waals surface area contributed by atoms with E-state index in [2.05, 4.69) is 22.0 Å². The summed E-state index contributed by atoms with van der Waals surface area (Å²) in [6.07, 6.45) is 0. The number of hydrogen-bond donors (Lipinski definition) is 0. The lowest BCUT2D eigenvalue weighted by atomic mass is 10.2. The zero-order chi connectivity index (χ0) is 12.5. The molecule has 0 aromatic heterocycles. The van der Waals surface area contributed by atoms with Gasteiger partial charge in [0.15, 0.2) is 0 Å². The normalized spacial score (nSPS) is 9.94. The van der Waals surface area contributed by atoms with Gasteiger partial charge in [-0.3, -0.25) is 0 Å². The number of methoxy groups -OCH3 is 1. The monoisotopic (exact) mass is 299 g/mol. The third-order valence-corrected chi connectivity index (χ3v) is 2.47. The molecule has 1 rings (SSSR count). The van der Waals surface area contributed by atoms with E-state index in [1.165, 1.54) is 0 Å². The van der Waals surface area contributed by atoms with Gasteiger partial charge in [-0.2, -0.15) is 5.26 Å². The Bertz CT molecular complexity index is 390. The van der Waals surface area contributed by atoms with Gasteiger partial charge in [-0.1, -0.05) is 15.9 Å². The summed E-state index contributed by atoms with van der Waals surface area (Å²) in [4.78, 5) is 0. The lowest BCUT2D eigenvalue weighted by Gasteiger charge is -2.08. The van der Waals surface area contributed by atoms with Crippen LogP contribution in [0.1, 0.15) is 5.56 Å². The molecule has 0 heterocycles. The Morgan fingerprint density at radius 3 is 2.71 bits per heavy atom. The van der Waals surface area contributed by atoms with Crippen LogP contribution in [-0.4, -0.2) is 33.5 Å². The van der Waals surface area contributed by atoms with Gasteiger partial charge < -0.3 is 14.2 Å². The molecule has 0 saturated heterocycles. The van der Waals surface area contributed by atoms with Gasteiger partial charge in [0, 0.05) is 11.6 Å². The molecule has 0 spiro atoms. The number of ether oxygens (including phenoxy) is 3. The Morgan fingerprint density at radius 2 is 2.00 bits per heavy atom. The minimum Gasteiger partial charge on any atom is -0.490 e. The number of hydrogen-bond acceptors (Lipinski definition) is 4. The maximum Gasteiger partial charge on any atom is 0.137 e. The first-order chi connectivity index (χ1) is 8.27. The van der Waals surface area contributed by atoms with E-state index >= 15 is 0 Å². The van der Waals surface area contributed by atoms with Crippen molar-refractivity contribution in [2.75, 3.05) is 33.5 Å². The summed E-state index contributed by atoms with van der Waals surface area (Å²) < 4.78 is 16.4. The van der Waals surface area contributed by atoms with Crippen LogP contribution in [0.25, 0.3) is 0 Å². The predicted octanol–water partition coefficient (Wildman–Crippen LogP) is 2.36. The molecule has 0 amide bonds. The summed E-state index contributed by atoms with van der Waals surface area (Å²) in [5, 5.41) is 8.92. The second kappa shape index (κ2) is 8.07. The fourth-order valence-electron chi connectivity index (χ4n) is 1.17. The van der Waals surface area contributed by atoms with E-state index < -0.39 is 0 Å². The Morgan fingerprint density at radius 1 is 1.24 bits per heavy atom. The van der Waals surface area contributed by atoms with E-state index in [0.29, 0.717) is 37.7 Å². The lowest BCUT2D eigenvalue weighted by Crippen LogP contribution is -2.10. The molecule has 0 aliphatic heterocycles. The molecule has 0 radical (unpaired) electrons. The second-order valence-corrected chi connectivity index (χ2v) is 4.12. The first-order valence-corrected chi connectivity index (χ1v) is 5.96. The van der Waals surface area contributed by atoms with Crippen molar-refractivity contribution in [1.29, 1.82) is 5.26 Å². The molecule has 1 aromatic rings. The van der Waals surface area contributed by atoms with Gasteiger partial charge in [0.1, 0.15) is 18.4 Å². The third kappa shape index (κ3) is 5.18. The maximum absolute atomic E-state index is 8.92. The molecule has 0 bridgehead atoms. The van der Waals surface area contributed by atoms with Crippen molar-refractivity contribution in [1.82, 2.24) is 0 Å². The highest BCUT2D eigenvalue weighted by Gasteiger charge is 2.03. The number of nitriles is 1. The molecule has 0 saturated carbocycles. The van der Waals surface area contributed by atoms with Gasteiger partial charge in [-0.25, -0.2) is 0 Å². The molecular formula is C12H14BrNO3. The van der Waals surface area contributed by atoms with Crippen molar-refractivity contribution in [3.8, 4) is 11.8 Å². The van der Waals surface area contributed by atoms with E-state index in [4.69, 9.17) is 19.5 Å². The average molecular weight is 300 g/mol. The molecule has 0 aliphatic rings. The molecule has 92 valence electrons. The largest absolute Gasteiger partial charge is 0.490 e. The number of nitrogens with zero attached hydrogens (tertiary/aromatic N) is 1. The van der Waals surface area contributed by atoms with Crippen molar-refractivity contribution in [2.45, 2.75) is 0 Å². The third-order valence-electron chi connectivity index (χ3n) is 1.98. The van der Waals surface area contributed by atoms with Crippen molar-refractivity contribution in [3.05, 3.63) is 28.2 Å².